The number of nitrogens with one attached hydrogen (secondary N) is 5. The molecule has 350 valence electrons. The average Bonchev–Trinajstić information content (AvgIpc) is 3.97. The lowest BCUT2D eigenvalue weighted by Crippen LogP contribution is -2.59. The highest BCUT2D eigenvalue weighted by molar-refractivity contribution is 5.95. The van der Waals surface area contributed by atoms with Gasteiger partial charge in [-0.15, -0.1) is 0 Å². The van der Waals surface area contributed by atoms with E-state index < -0.39 is 41.0 Å². The number of benzene rings is 2. The van der Waals surface area contributed by atoms with E-state index in [0.717, 1.165) is 67.2 Å². The maximum Gasteiger partial charge on any atom is 0.246 e. The van der Waals surface area contributed by atoms with Gasteiger partial charge in [-0.2, -0.15) is 0 Å². The zero-order valence-corrected chi connectivity index (χ0v) is 40.1. The zero-order valence-electron chi connectivity index (χ0n) is 40.1. The first kappa shape index (κ1) is 48.7. The van der Waals surface area contributed by atoms with Crippen molar-refractivity contribution >= 4 is 35.4 Å². The third kappa shape index (κ3) is 10.5. The van der Waals surface area contributed by atoms with Gasteiger partial charge in [-0.3, -0.25) is 28.8 Å². The van der Waals surface area contributed by atoms with E-state index in [9.17, 15) is 28.8 Å². The van der Waals surface area contributed by atoms with Gasteiger partial charge in [0, 0.05) is 19.0 Å². The predicted molar refractivity (Wildman–Crippen MR) is 250 cm³/mol. The molecule has 0 spiro atoms. The zero-order chi connectivity index (χ0) is 46.7. The van der Waals surface area contributed by atoms with E-state index in [1.165, 1.54) is 11.1 Å². The maximum absolute atomic E-state index is 14.2. The number of nitrogens with zero attached hydrogens (tertiary/aromatic N) is 2. The minimum atomic E-state index is -0.783. The third-order valence-electron chi connectivity index (χ3n) is 14.3. The summed E-state index contributed by atoms with van der Waals surface area (Å²) in [5.74, 6) is -1.39. The van der Waals surface area contributed by atoms with Gasteiger partial charge in [-0.25, -0.2) is 0 Å². The third-order valence-corrected chi connectivity index (χ3v) is 14.3. The van der Waals surface area contributed by atoms with E-state index in [0.29, 0.717) is 38.8 Å². The molecule has 2 heterocycles. The van der Waals surface area contributed by atoms with Crippen molar-refractivity contribution in [1.29, 1.82) is 0 Å². The van der Waals surface area contributed by atoms with Crippen molar-refractivity contribution in [3.05, 3.63) is 58.7 Å². The van der Waals surface area contributed by atoms with Crippen LogP contribution in [-0.4, -0.2) is 95.6 Å². The molecule has 2 aromatic rings. The van der Waals surface area contributed by atoms with Crippen LogP contribution in [0, 0.1) is 16.7 Å². The number of carbonyl (C=O) groups excluding carboxylic acids is 6. The molecule has 64 heavy (non-hydrogen) atoms. The monoisotopic (exact) mass is 882 g/mol. The van der Waals surface area contributed by atoms with Gasteiger partial charge in [0.05, 0.1) is 18.1 Å². The Kier molecular flexibility index (Phi) is 15.3. The van der Waals surface area contributed by atoms with E-state index in [-0.39, 0.29) is 53.4 Å². The number of likely N-dealkylation sites (N-methyl/N-ethyl adjacent to an activating group) is 1. The van der Waals surface area contributed by atoms with Crippen molar-refractivity contribution in [2.24, 2.45) is 16.7 Å². The summed E-state index contributed by atoms with van der Waals surface area (Å²) in [6.45, 7) is 18.1. The molecule has 2 aliphatic heterocycles. The molecule has 2 aromatic carbocycles. The molecular formula is C51H75N7O6. The number of carbonyl (C=O) groups is 6. The fraction of sp³-hybridized carbons (Fsp3) is 0.647. The number of likely N-dealkylation sites (tertiary alicyclic amines) is 2. The molecule has 0 radical (unpaired) electrons. The summed E-state index contributed by atoms with van der Waals surface area (Å²) in [6.07, 6.45) is 8.34. The lowest BCUT2D eigenvalue weighted by Gasteiger charge is -2.37. The van der Waals surface area contributed by atoms with Gasteiger partial charge < -0.3 is 36.4 Å². The lowest BCUT2D eigenvalue weighted by atomic mass is 9.78. The minimum absolute atomic E-state index is 0.150. The summed E-state index contributed by atoms with van der Waals surface area (Å²) in [7, 11) is 1.70. The molecule has 13 nitrogen and oxygen atoms in total. The molecule has 0 aromatic heterocycles. The molecule has 6 amide bonds. The number of hydrogen-bond donors (Lipinski definition) is 5. The van der Waals surface area contributed by atoms with Crippen LogP contribution in [0.1, 0.15) is 154 Å². The Morgan fingerprint density at radius 2 is 1.05 bits per heavy atom. The summed E-state index contributed by atoms with van der Waals surface area (Å²) >= 11 is 0. The molecule has 2 aliphatic carbocycles. The fourth-order valence-corrected chi connectivity index (χ4v) is 10.1. The van der Waals surface area contributed by atoms with Gasteiger partial charge in [-0.1, -0.05) is 91.8 Å². The largest absolute Gasteiger partial charge is 0.347 e. The summed E-state index contributed by atoms with van der Waals surface area (Å²) in [4.78, 5) is 85.9. The maximum atomic E-state index is 14.2. The standard InChI is InChI=1S/C51H75N7O6/c1-11-30(2)44(59)55-42(50(4,5)6)48(63)57-28-16-26-40(57)46(61)53-38-24-14-20-34-32(18-12-22-36(34)38)33-19-13-23-37-35(33)21-15-25-39(37)54-47(62)41-27-17-29-58(41)49(64)43(51(7,8)9)56-45(60)31(3)52-10/h12-13,18-19,22-23,30-31,38-43,52H,11,14-17,20-21,24-29H2,1-10H3,(H,53,61)(H,54,62)(H,55,59)(H,56,60)/t30-,31+,38-,39-,40+,41+,42-,43-/m1/s1. The molecule has 2 fully saturated rings. The van der Waals surface area contributed by atoms with Crippen molar-refractivity contribution < 1.29 is 28.8 Å². The Morgan fingerprint density at radius 3 is 1.44 bits per heavy atom. The molecule has 13 heteroatoms. The molecule has 0 saturated carbocycles. The Labute approximate surface area is 381 Å². The highest BCUT2D eigenvalue weighted by Crippen LogP contribution is 2.42. The molecule has 4 aliphatic rings. The SMILES string of the molecule is CC[C@@H](C)C(=O)N[C@H](C(=O)N1CCC[C@H]1C(=O)N[C@@H]1CCCc2c(-c3cccc4c3CCC[C@H]4NC(=O)[C@@H]3CCCN3C(=O)[C@@H](NC(=O)[C@H](C)NC)C(C)(C)C)cccc21)C(C)(C)C. The van der Waals surface area contributed by atoms with Crippen molar-refractivity contribution in [1.82, 2.24) is 36.4 Å². The van der Waals surface area contributed by atoms with Crippen LogP contribution >= 0.6 is 0 Å². The average molecular weight is 882 g/mol. The normalized spacial score (nSPS) is 22.9. The summed E-state index contributed by atoms with van der Waals surface area (Å²) in [5, 5.41) is 15.6. The van der Waals surface area contributed by atoms with Crippen LogP contribution in [0.25, 0.3) is 11.1 Å². The predicted octanol–water partition coefficient (Wildman–Crippen LogP) is 6.04. The molecule has 2 saturated heterocycles. The number of amides is 6. The molecular weight excluding hydrogens is 807 g/mol. The Balaban J connectivity index is 1.19. The van der Waals surface area contributed by atoms with E-state index >= 15 is 0 Å². The second-order valence-corrected chi connectivity index (χ2v) is 21.0. The van der Waals surface area contributed by atoms with Gasteiger partial charge in [-0.05, 0) is 129 Å². The first-order valence-corrected chi connectivity index (χ1v) is 24.0. The summed E-state index contributed by atoms with van der Waals surface area (Å²) < 4.78 is 0. The summed E-state index contributed by atoms with van der Waals surface area (Å²) in [6, 6.07) is 9.05. The van der Waals surface area contributed by atoms with Crippen LogP contribution in [0.15, 0.2) is 36.4 Å². The van der Waals surface area contributed by atoms with Gasteiger partial charge in [0.2, 0.25) is 35.4 Å². The molecule has 0 unspecified atom stereocenters. The van der Waals surface area contributed by atoms with E-state index in [4.69, 9.17) is 0 Å². The highest BCUT2D eigenvalue weighted by Gasteiger charge is 2.44. The van der Waals surface area contributed by atoms with Gasteiger partial charge in [0.25, 0.3) is 0 Å². The lowest BCUT2D eigenvalue weighted by molar-refractivity contribution is -0.144. The number of fused-ring (bicyclic) bond motifs is 2. The van der Waals surface area contributed by atoms with E-state index in [1.807, 2.05) is 55.4 Å². The Bertz CT molecular complexity index is 1930. The number of rotatable bonds is 13. The van der Waals surface area contributed by atoms with Gasteiger partial charge in [0.1, 0.15) is 24.2 Å². The van der Waals surface area contributed by atoms with Gasteiger partial charge in [0.15, 0.2) is 0 Å². The van der Waals surface area contributed by atoms with Crippen LogP contribution in [0.2, 0.25) is 0 Å². The van der Waals surface area contributed by atoms with Crippen molar-refractivity contribution in [2.75, 3.05) is 20.1 Å². The summed E-state index contributed by atoms with van der Waals surface area (Å²) in [5.41, 5.74) is 5.78. The Hall–Kier alpha value is -4.78. The van der Waals surface area contributed by atoms with Crippen LogP contribution in [-0.2, 0) is 41.6 Å². The Morgan fingerprint density at radius 1 is 0.625 bits per heavy atom. The second kappa shape index (κ2) is 20.2. The molecule has 8 atom stereocenters. The van der Waals surface area contributed by atoms with Crippen molar-refractivity contribution in [3.8, 4) is 11.1 Å². The van der Waals surface area contributed by atoms with Crippen LogP contribution in [0.4, 0.5) is 0 Å². The first-order chi connectivity index (χ1) is 30.3. The van der Waals surface area contributed by atoms with Crippen LogP contribution < -0.4 is 26.6 Å². The van der Waals surface area contributed by atoms with Crippen LogP contribution in [0.3, 0.4) is 0 Å². The van der Waals surface area contributed by atoms with Crippen molar-refractivity contribution in [2.45, 2.75) is 175 Å². The van der Waals surface area contributed by atoms with E-state index in [1.54, 1.807) is 23.8 Å². The van der Waals surface area contributed by atoms with E-state index in [2.05, 4.69) is 63.0 Å². The topological polar surface area (TPSA) is 169 Å². The first-order valence-electron chi connectivity index (χ1n) is 24.0. The second-order valence-electron chi connectivity index (χ2n) is 21.0. The number of hydrogen-bond acceptors (Lipinski definition) is 7. The molecule has 5 N–H and O–H groups in total. The molecule has 6 rings (SSSR count). The molecule has 0 bridgehead atoms. The van der Waals surface area contributed by atoms with Crippen molar-refractivity contribution in [3.63, 3.8) is 0 Å². The van der Waals surface area contributed by atoms with Crippen LogP contribution in [0.5, 0.6) is 0 Å². The quantitative estimate of drug-likeness (QED) is 0.164. The van der Waals surface area contributed by atoms with Gasteiger partial charge >= 0.3 is 0 Å². The fourth-order valence-electron chi connectivity index (χ4n) is 10.1. The smallest absolute Gasteiger partial charge is 0.246 e. The minimum Gasteiger partial charge on any atom is -0.347 e. The highest BCUT2D eigenvalue weighted by atomic mass is 16.2.